The summed E-state index contributed by atoms with van der Waals surface area (Å²) in [5, 5.41) is 2.84. The van der Waals surface area contributed by atoms with Gasteiger partial charge in [0.05, 0.1) is 24.2 Å². The fourth-order valence-electron chi connectivity index (χ4n) is 1.87. The number of nitrogens with two attached hydrogens (primary N) is 1. The van der Waals surface area contributed by atoms with Crippen LogP contribution in [0.5, 0.6) is 5.75 Å². The van der Waals surface area contributed by atoms with E-state index >= 15 is 0 Å². The number of nitrogens with zero attached hydrogens (tertiary/aromatic N) is 1. The highest BCUT2D eigenvalue weighted by Crippen LogP contribution is 2.26. The van der Waals surface area contributed by atoms with Crippen LogP contribution in [0.2, 0.25) is 0 Å². The van der Waals surface area contributed by atoms with Crippen molar-refractivity contribution in [3.8, 4) is 5.75 Å². The van der Waals surface area contributed by atoms with Gasteiger partial charge in [0, 0.05) is 24.9 Å². The highest BCUT2D eigenvalue weighted by molar-refractivity contribution is 5.98. The van der Waals surface area contributed by atoms with E-state index in [2.05, 4.69) is 15.3 Å². The van der Waals surface area contributed by atoms with E-state index in [4.69, 9.17) is 10.5 Å². The molecule has 0 radical (unpaired) electrons. The lowest BCUT2D eigenvalue weighted by molar-refractivity contribution is 0.0950. The van der Waals surface area contributed by atoms with Gasteiger partial charge in [-0.25, -0.2) is 4.98 Å². The molecule has 1 aromatic heterocycles. The molecule has 2 aromatic rings. The maximum atomic E-state index is 12.1. The maximum absolute atomic E-state index is 12.1. The average molecular weight is 274 g/mol. The minimum Gasteiger partial charge on any atom is -0.491 e. The van der Waals surface area contributed by atoms with Gasteiger partial charge in [-0.05, 0) is 19.1 Å². The molecule has 0 atom stereocenters. The van der Waals surface area contributed by atoms with Crippen LogP contribution in [-0.4, -0.2) is 29.0 Å². The van der Waals surface area contributed by atoms with Crippen LogP contribution >= 0.6 is 0 Å². The fraction of sp³-hybridized carbons (Fsp3) is 0.286. The fourth-order valence-corrected chi connectivity index (χ4v) is 1.87. The lowest BCUT2D eigenvalue weighted by Gasteiger charge is -2.12. The zero-order chi connectivity index (χ0) is 14.4. The van der Waals surface area contributed by atoms with E-state index in [1.807, 2.05) is 6.92 Å². The number of nitrogen functional groups attached to an aromatic ring is 1. The van der Waals surface area contributed by atoms with Gasteiger partial charge < -0.3 is 20.8 Å². The molecule has 1 heterocycles. The summed E-state index contributed by atoms with van der Waals surface area (Å²) in [5.74, 6) is 0.245. The van der Waals surface area contributed by atoms with Gasteiger partial charge in [-0.1, -0.05) is 6.07 Å². The van der Waals surface area contributed by atoms with Gasteiger partial charge >= 0.3 is 0 Å². The van der Waals surface area contributed by atoms with E-state index in [9.17, 15) is 4.79 Å². The van der Waals surface area contributed by atoms with E-state index in [-0.39, 0.29) is 5.91 Å². The van der Waals surface area contributed by atoms with Crippen LogP contribution in [-0.2, 0) is 6.42 Å². The topological polar surface area (TPSA) is 93.0 Å². The summed E-state index contributed by atoms with van der Waals surface area (Å²) < 4.78 is 5.44. The molecule has 0 bridgehead atoms. The lowest BCUT2D eigenvalue weighted by atomic mass is 10.1. The number of hydrogen-bond donors (Lipinski definition) is 3. The first-order valence-corrected chi connectivity index (χ1v) is 6.49. The van der Waals surface area contributed by atoms with Crippen LogP contribution < -0.4 is 15.8 Å². The quantitative estimate of drug-likeness (QED) is 0.693. The average Bonchev–Trinajstić information content (AvgIpc) is 2.94. The van der Waals surface area contributed by atoms with Gasteiger partial charge in [0.25, 0.3) is 5.91 Å². The summed E-state index contributed by atoms with van der Waals surface area (Å²) in [5.41, 5.74) is 7.73. The highest BCUT2D eigenvalue weighted by atomic mass is 16.5. The van der Waals surface area contributed by atoms with Gasteiger partial charge in [0.2, 0.25) is 0 Å². The highest BCUT2D eigenvalue weighted by Gasteiger charge is 2.14. The monoisotopic (exact) mass is 274 g/mol. The molecule has 20 heavy (non-hydrogen) atoms. The van der Waals surface area contributed by atoms with Gasteiger partial charge in [-0.3, -0.25) is 4.79 Å². The van der Waals surface area contributed by atoms with Crippen molar-refractivity contribution in [2.45, 2.75) is 13.3 Å². The number of amides is 1. The Hall–Kier alpha value is -2.50. The molecule has 6 heteroatoms. The number of nitrogens with one attached hydrogen (secondary N) is 2. The van der Waals surface area contributed by atoms with E-state index < -0.39 is 0 Å². The van der Waals surface area contributed by atoms with Gasteiger partial charge in [0.1, 0.15) is 0 Å². The maximum Gasteiger partial charge on any atom is 0.255 e. The van der Waals surface area contributed by atoms with Gasteiger partial charge in [-0.2, -0.15) is 0 Å². The normalized spacial score (nSPS) is 10.2. The van der Waals surface area contributed by atoms with Crippen molar-refractivity contribution in [2.75, 3.05) is 18.9 Å². The van der Waals surface area contributed by atoms with Crippen LogP contribution in [0.3, 0.4) is 0 Å². The summed E-state index contributed by atoms with van der Waals surface area (Å²) in [4.78, 5) is 19.1. The number of imidazole rings is 1. The first-order valence-electron chi connectivity index (χ1n) is 6.49. The number of H-pyrrole nitrogens is 1. The number of rotatable bonds is 6. The summed E-state index contributed by atoms with van der Waals surface area (Å²) >= 11 is 0. The van der Waals surface area contributed by atoms with E-state index in [1.165, 1.54) is 0 Å². The van der Waals surface area contributed by atoms with Crippen molar-refractivity contribution in [1.82, 2.24) is 15.3 Å². The van der Waals surface area contributed by atoms with Crippen LogP contribution in [0.1, 0.15) is 23.0 Å². The number of carbonyl (C=O) groups is 1. The number of aromatic nitrogens is 2. The Morgan fingerprint density at radius 1 is 1.50 bits per heavy atom. The molecule has 0 aliphatic heterocycles. The summed E-state index contributed by atoms with van der Waals surface area (Å²) in [7, 11) is 0. The number of anilines is 1. The molecule has 0 unspecified atom stereocenters. The predicted molar refractivity (Wildman–Crippen MR) is 76.6 cm³/mol. The second kappa shape index (κ2) is 6.60. The minimum atomic E-state index is -0.194. The Bertz CT molecular complexity index is 567. The Morgan fingerprint density at radius 2 is 2.35 bits per heavy atom. The molecule has 0 aliphatic carbocycles. The molecule has 6 nitrogen and oxygen atoms in total. The summed E-state index contributed by atoms with van der Waals surface area (Å²) in [6, 6.07) is 5.15. The number of para-hydroxylation sites is 1. The van der Waals surface area contributed by atoms with Crippen molar-refractivity contribution >= 4 is 11.6 Å². The molecule has 2 rings (SSSR count). The number of aromatic amines is 1. The van der Waals surface area contributed by atoms with Crippen LogP contribution in [0.15, 0.2) is 30.7 Å². The summed E-state index contributed by atoms with van der Waals surface area (Å²) in [6.45, 7) is 2.83. The molecular formula is C14H18N4O2. The van der Waals surface area contributed by atoms with E-state index in [1.54, 1.807) is 30.7 Å². The molecular weight excluding hydrogens is 256 g/mol. The first-order chi connectivity index (χ1) is 9.72. The summed E-state index contributed by atoms with van der Waals surface area (Å²) in [6.07, 6.45) is 4.04. The molecule has 0 saturated heterocycles. The lowest BCUT2D eigenvalue weighted by Crippen LogP contribution is -2.26. The van der Waals surface area contributed by atoms with Gasteiger partial charge in [0.15, 0.2) is 5.75 Å². The Morgan fingerprint density at radius 3 is 3.05 bits per heavy atom. The third-order valence-corrected chi connectivity index (χ3v) is 2.81. The minimum absolute atomic E-state index is 0.194. The largest absolute Gasteiger partial charge is 0.491 e. The van der Waals surface area contributed by atoms with Crippen LogP contribution in [0, 0.1) is 0 Å². The molecule has 4 N–H and O–H groups in total. The number of ether oxygens (including phenoxy) is 1. The first kappa shape index (κ1) is 13.9. The second-order valence-electron chi connectivity index (χ2n) is 4.24. The van der Waals surface area contributed by atoms with Crippen molar-refractivity contribution in [3.63, 3.8) is 0 Å². The Kier molecular flexibility index (Phi) is 4.60. The SMILES string of the molecule is CCOc1c(N)cccc1C(=O)NCCc1cnc[nH]1. The molecule has 1 amide bonds. The number of carbonyl (C=O) groups excluding carboxylic acids is 1. The zero-order valence-electron chi connectivity index (χ0n) is 11.3. The third kappa shape index (κ3) is 3.28. The van der Waals surface area contributed by atoms with Crippen LogP contribution in [0.4, 0.5) is 5.69 Å². The molecule has 106 valence electrons. The van der Waals surface area contributed by atoms with Crippen LogP contribution in [0.25, 0.3) is 0 Å². The predicted octanol–water partition coefficient (Wildman–Crippen LogP) is 1.36. The Labute approximate surface area is 117 Å². The van der Waals surface area contributed by atoms with E-state index in [0.717, 1.165) is 5.69 Å². The van der Waals surface area contributed by atoms with Crippen molar-refractivity contribution < 1.29 is 9.53 Å². The Balaban J connectivity index is 1.99. The van der Waals surface area contributed by atoms with Crippen molar-refractivity contribution in [1.29, 1.82) is 0 Å². The standard InChI is InChI=1S/C14H18N4O2/c1-2-20-13-11(4-3-5-12(13)15)14(19)17-7-6-10-8-16-9-18-10/h3-5,8-9H,2,6-7,15H2,1H3,(H,16,18)(H,17,19). The second-order valence-corrected chi connectivity index (χ2v) is 4.24. The smallest absolute Gasteiger partial charge is 0.255 e. The molecule has 0 spiro atoms. The van der Waals surface area contributed by atoms with Crippen molar-refractivity contribution in [2.24, 2.45) is 0 Å². The molecule has 1 aromatic carbocycles. The number of hydrogen-bond acceptors (Lipinski definition) is 4. The van der Waals surface area contributed by atoms with Crippen molar-refractivity contribution in [3.05, 3.63) is 42.0 Å². The molecule has 0 saturated carbocycles. The molecule has 0 fully saturated rings. The number of benzene rings is 1. The van der Waals surface area contributed by atoms with E-state index in [0.29, 0.717) is 36.6 Å². The zero-order valence-corrected chi connectivity index (χ0v) is 11.3. The van der Waals surface area contributed by atoms with Gasteiger partial charge in [-0.15, -0.1) is 0 Å². The molecule has 0 aliphatic rings. The third-order valence-electron chi connectivity index (χ3n) is 2.81.